The van der Waals surface area contributed by atoms with Gasteiger partial charge in [-0.3, -0.25) is 10.0 Å². The predicted octanol–water partition coefficient (Wildman–Crippen LogP) is 1.71. The Morgan fingerprint density at radius 3 is 2.62 bits per heavy atom. The number of benzene rings is 1. The minimum absolute atomic E-state index is 0.0726. The minimum atomic E-state index is -4.04. The Kier molecular flexibility index (Phi) is 8.28. The van der Waals surface area contributed by atoms with Crippen LogP contribution in [0.1, 0.15) is 19.8 Å². The van der Waals surface area contributed by atoms with Gasteiger partial charge in [0.1, 0.15) is 5.75 Å². The molecule has 0 saturated heterocycles. The van der Waals surface area contributed by atoms with Crippen molar-refractivity contribution < 1.29 is 28.3 Å². The van der Waals surface area contributed by atoms with Crippen molar-refractivity contribution in [3.8, 4) is 5.75 Å². The highest BCUT2D eigenvalue weighted by Crippen LogP contribution is 2.31. The van der Waals surface area contributed by atoms with Crippen molar-refractivity contribution in [3.05, 3.63) is 30.5 Å². The van der Waals surface area contributed by atoms with E-state index in [0.29, 0.717) is 21.7 Å². The van der Waals surface area contributed by atoms with E-state index < -0.39 is 27.1 Å². The maximum absolute atomic E-state index is 12.8. The first kappa shape index (κ1) is 23.4. The summed E-state index contributed by atoms with van der Waals surface area (Å²) in [5, 5.41) is 20.0. The molecule has 2 aromatic rings. The molecule has 1 aromatic heterocycles. The third kappa shape index (κ3) is 6.57. The van der Waals surface area contributed by atoms with Gasteiger partial charge in [-0.25, -0.2) is 18.9 Å². The fraction of sp³-hybridized carbons (Fsp3) is 0.412. The van der Waals surface area contributed by atoms with E-state index in [1.165, 1.54) is 35.9 Å². The summed E-state index contributed by atoms with van der Waals surface area (Å²) in [5.74, 6) is -1.92. The molecule has 1 amide bonds. The van der Waals surface area contributed by atoms with Crippen LogP contribution in [0.2, 0.25) is 0 Å². The Labute approximate surface area is 177 Å². The lowest BCUT2D eigenvalue weighted by molar-refractivity contribution is -0.144. The second kappa shape index (κ2) is 10.3. The number of aliphatic hydroxyl groups is 1. The van der Waals surface area contributed by atoms with E-state index in [2.05, 4.69) is 4.98 Å². The molecule has 0 radical (unpaired) electrons. The molecule has 1 aromatic carbocycles. The van der Waals surface area contributed by atoms with E-state index in [-0.39, 0.29) is 10.6 Å². The number of nitrogens with one attached hydrogen (secondary N) is 1. The molecule has 0 saturated carbocycles. The van der Waals surface area contributed by atoms with Crippen molar-refractivity contribution in [2.75, 3.05) is 23.8 Å². The second-order valence-electron chi connectivity index (χ2n) is 6.21. The van der Waals surface area contributed by atoms with E-state index in [4.69, 9.17) is 15.7 Å². The molecule has 1 heterocycles. The smallest absolute Gasteiger partial charge is 0.277 e. The highest BCUT2D eigenvalue weighted by molar-refractivity contribution is 8.01. The average Bonchev–Trinajstić information content (AvgIpc) is 3.11. The molecule has 0 spiro atoms. The fourth-order valence-corrected chi connectivity index (χ4v) is 5.82. The predicted molar refractivity (Wildman–Crippen MR) is 111 cm³/mol. The number of amides is 1. The normalized spacial score (nSPS) is 13.6. The lowest BCUT2D eigenvalue weighted by atomic mass is 10.1. The monoisotopic (exact) mass is 461 g/mol. The fourth-order valence-electron chi connectivity index (χ4n) is 2.28. The number of carbonyl (C=O) groups excluding carboxylic acids is 1. The van der Waals surface area contributed by atoms with Gasteiger partial charge >= 0.3 is 0 Å². The Morgan fingerprint density at radius 2 is 2.07 bits per heavy atom. The molecule has 12 heteroatoms. The number of carbonyl (C=O) groups is 1. The van der Waals surface area contributed by atoms with E-state index in [9.17, 15) is 18.3 Å². The van der Waals surface area contributed by atoms with Crippen molar-refractivity contribution in [1.29, 1.82) is 0 Å². The third-order valence-corrected chi connectivity index (χ3v) is 7.94. The van der Waals surface area contributed by atoms with Gasteiger partial charge < -0.3 is 15.6 Å². The molecule has 1 unspecified atom stereocenters. The van der Waals surface area contributed by atoms with Crippen molar-refractivity contribution in [2.45, 2.75) is 34.5 Å². The summed E-state index contributed by atoms with van der Waals surface area (Å²) in [6, 6.07) is 5.74. The number of rotatable bonds is 11. The molecular formula is C17H23N3O6S3. The molecular weight excluding hydrogens is 438 g/mol. The number of nitrogens with two attached hydrogens (primary N) is 1. The van der Waals surface area contributed by atoms with E-state index >= 15 is 0 Å². The molecule has 5 N–H and O–H groups in total. The number of hydrogen-bond donors (Lipinski definition) is 4. The van der Waals surface area contributed by atoms with Gasteiger partial charge in [-0.1, -0.05) is 24.7 Å². The zero-order chi connectivity index (χ0) is 21.5. The second-order valence-corrected chi connectivity index (χ2v) is 10.5. The van der Waals surface area contributed by atoms with Crippen LogP contribution in [-0.4, -0.2) is 53.3 Å². The van der Waals surface area contributed by atoms with Gasteiger partial charge in [0.25, 0.3) is 5.91 Å². The van der Waals surface area contributed by atoms with Crippen LogP contribution < -0.4 is 16.0 Å². The first-order valence-corrected chi connectivity index (χ1v) is 12.1. The van der Waals surface area contributed by atoms with Crippen molar-refractivity contribution >= 4 is 44.0 Å². The molecule has 1 atom stereocenters. The summed E-state index contributed by atoms with van der Waals surface area (Å²) in [5.41, 5.74) is 4.51. The highest BCUT2D eigenvalue weighted by atomic mass is 32.2. The number of hydrogen-bond acceptors (Lipinski definition) is 10. The first-order valence-electron chi connectivity index (χ1n) is 8.67. The molecule has 29 heavy (non-hydrogen) atoms. The summed E-state index contributed by atoms with van der Waals surface area (Å²) < 4.78 is 31.6. The minimum Gasteiger partial charge on any atom is -0.494 e. The van der Waals surface area contributed by atoms with E-state index in [0.717, 1.165) is 35.9 Å². The SMILES string of the molecule is CCCCOc1ccc(S(=O)(=O)CC(O)(CSc2cnc(N)s2)C(=O)NO)cc1. The lowest BCUT2D eigenvalue weighted by Crippen LogP contribution is -2.52. The number of unbranched alkanes of at least 4 members (excludes halogenated alkanes) is 1. The number of thiazole rings is 1. The van der Waals surface area contributed by atoms with Gasteiger partial charge in [-0.15, -0.1) is 11.8 Å². The van der Waals surface area contributed by atoms with Gasteiger partial charge in [0.05, 0.1) is 27.7 Å². The Balaban J connectivity index is 2.14. The van der Waals surface area contributed by atoms with E-state index in [1.54, 1.807) is 0 Å². The molecule has 9 nitrogen and oxygen atoms in total. The van der Waals surface area contributed by atoms with Crippen LogP contribution in [0.3, 0.4) is 0 Å². The zero-order valence-corrected chi connectivity index (χ0v) is 18.1. The third-order valence-electron chi connectivity index (χ3n) is 3.86. The van der Waals surface area contributed by atoms with Gasteiger partial charge in [0.2, 0.25) is 0 Å². The standard InChI is InChI=1S/C17H23N3O6S3/c1-2-3-8-26-12-4-6-13(7-5-12)29(24,25)11-17(22,15(21)20-23)10-27-14-9-19-16(18)28-14/h4-7,9,22-23H,2-3,8,10-11H2,1H3,(H2,18,19)(H,20,21). The zero-order valence-electron chi connectivity index (χ0n) is 15.7. The van der Waals surface area contributed by atoms with Gasteiger partial charge in [-0.2, -0.15) is 0 Å². The topological polar surface area (TPSA) is 152 Å². The summed E-state index contributed by atoms with van der Waals surface area (Å²) in [6.45, 7) is 2.56. The summed E-state index contributed by atoms with van der Waals surface area (Å²) in [7, 11) is -4.04. The number of thioether (sulfide) groups is 1. The molecule has 160 valence electrons. The maximum atomic E-state index is 12.8. The van der Waals surface area contributed by atoms with Crippen molar-refractivity contribution in [2.24, 2.45) is 0 Å². The molecule has 0 fully saturated rings. The maximum Gasteiger partial charge on any atom is 0.277 e. The van der Waals surface area contributed by atoms with Crippen LogP contribution in [0, 0.1) is 0 Å². The molecule has 0 aliphatic rings. The molecule has 0 bridgehead atoms. The van der Waals surface area contributed by atoms with Crippen LogP contribution >= 0.6 is 23.1 Å². The first-order chi connectivity index (χ1) is 13.7. The molecule has 0 aliphatic carbocycles. The quantitative estimate of drug-likeness (QED) is 0.169. The van der Waals surface area contributed by atoms with Gasteiger partial charge in [0.15, 0.2) is 20.6 Å². The summed E-state index contributed by atoms with van der Waals surface area (Å²) in [4.78, 5) is 15.8. The highest BCUT2D eigenvalue weighted by Gasteiger charge is 2.41. The molecule has 0 aliphatic heterocycles. The van der Waals surface area contributed by atoms with Crippen LogP contribution in [0.25, 0.3) is 0 Å². The van der Waals surface area contributed by atoms with Crippen LogP contribution in [-0.2, 0) is 14.6 Å². The average molecular weight is 462 g/mol. The molecule has 2 rings (SSSR count). The largest absolute Gasteiger partial charge is 0.494 e. The van der Waals surface area contributed by atoms with Crippen LogP contribution in [0.5, 0.6) is 5.75 Å². The van der Waals surface area contributed by atoms with Crippen LogP contribution in [0.4, 0.5) is 5.13 Å². The Hall–Kier alpha value is -1.86. The number of anilines is 1. The number of nitrogen functional groups attached to an aromatic ring is 1. The summed E-state index contributed by atoms with van der Waals surface area (Å²) >= 11 is 2.14. The van der Waals surface area contributed by atoms with Gasteiger partial charge in [0, 0.05) is 5.75 Å². The van der Waals surface area contributed by atoms with Crippen molar-refractivity contribution in [1.82, 2.24) is 10.5 Å². The van der Waals surface area contributed by atoms with E-state index in [1.807, 2.05) is 6.92 Å². The number of sulfone groups is 1. The lowest BCUT2D eigenvalue weighted by Gasteiger charge is -2.24. The van der Waals surface area contributed by atoms with Crippen LogP contribution in [0.15, 0.2) is 39.6 Å². The van der Waals surface area contributed by atoms with Gasteiger partial charge in [-0.05, 0) is 30.7 Å². The van der Waals surface area contributed by atoms with Crippen molar-refractivity contribution in [3.63, 3.8) is 0 Å². The Bertz CT molecular complexity index is 917. The summed E-state index contributed by atoms with van der Waals surface area (Å²) in [6.07, 6.45) is 3.31. The Morgan fingerprint density at radius 1 is 1.38 bits per heavy atom. The number of aromatic nitrogens is 1. The number of nitrogens with zero attached hydrogens (tertiary/aromatic N) is 1. The number of ether oxygens (including phenoxy) is 1. The number of hydroxylamine groups is 1.